The van der Waals surface area contributed by atoms with Crippen molar-refractivity contribution in [3.8, 4) is 0 Å². The Bertz CT molecular complexity index is 284. The summed E-state index contributed by atoms with van der Waals surface area (Å²) in [5.41, 5.74) is 6.48. The Morgan fingerprint density at radius 3 is 3.08 bits per heavy atom. The van der Waals surface area contributed by atoms with E-state index in [1.165, 1.54) is 0 Å². The minimum Gasteiger partial charge on any atom is -0.494 e. The van der Waals surface area contributed by atoms with Gasteiger partial charge in [-0.15, -0.1) is 0 Å². The molecule has 12 heavy (non-hydrogen) atoms. The van der Waals surface area contributed by atoms with Gasteiger partial charge in [0, 0.05) is 6.20 Å². The van der Waals surface area contributed by atoms with E-state index in [1.54, 1.807) is 12.3 Å². The minimum atomic E-state index is 0.502. The van der Waals surface area contributed by atoms with Crippen LogP contribution in [-0.4, -0.2) is 4.98 Å². The molecule has 0 fully saturated rings. The van der Waals surface area contributed by atoms with Crippen LogP contribution >= 0.6 is 0 Å². The first kappa shape index (κ1) is 8.59. The average Bonchev–Trinajstić information content (AvgIpc) is 2.01. The average molecular weight is 164 g/mol. The number of hydrogen-bond donors (Lipinski definition) is 1. The zero-order valence-corrected chi connectivity index (χ0v) is 7.08. The highest BCUT2D eigenvalue weighted by molar-refractivity contribution is 5.31. The van der Waals surface area contributed by atoms with Gasteiger partial charge in [-0.05, 0) is 24.6 Å². The summed E-state index contributed by atoms with van der Waals surface area (Å²) in [7, 11) is 0. The Kier molecular flexibility index (Phi) is 2.69. The van der Waals surface area contributed by atoms with Crippen LogP contribution in [0, 0.1) is 0 Å². The molecule has 0 aliphatic rings. The number of pyridine rings is 1. The zero-order chi connectivity index (χ0) is 8.97. The van der Waals surface area contributed by atoms with E-state index in [0.717, 1.165) is 5.56 Å². The van der Waals surface area contributed by atoms with Crippen LogP contribution < -0.4 is 5.73 Å². The van der Waals surface area contributed by atoms with Gasteiger partial charge >= 0.3 is 0 Å². The Morgan fingerprint density at radius 2 is 2.50 bits per heavy atom. The molecule has 0 amide bonds. The summed E-state index contributed by atoms with van der Waals surface area (Å²) in [5.74, 6) is 1.21. The molecule has 0 saturated heterocycles. The number of allylic oxidation sites excluding steroid dienone is 1. The number of hydrogen-bond acceptors (Lipinski definition) is 3. The molecule has 0 atom stereocenters. The lowest BCUT2D eigenvalue weighted by molar-refractivity contribution is 0.202. The van der Waals surface area contributed by atoms with E-state index in [1.807, 2.05) is 13.0 Å². The third-order valence-corrected chi connectivity index (χ3v) is 1.33. The Hall–Kier alpha value is -1.51. The van der Waals surface area contributed by atoms with Gasteiger partial charge in [0.05, 0.1) is 5.76 Å². The standard InChI is InChI=1S/C9H12N2O/c1-7(2)12-6-8-3-4-11-9(10)5-8/h3-5H,1,6H2,2H3,(H2,10,11). The normalized spacial score (nSPS) is 9.42. The van der Waals surface area contributed by atoms with E-state index in [0.29, 0.717) is 18.2 Å². The number of rotatable bonds is 3. The van der Waals surface area contributed by atoms with Gasteiger partial charge in [-0.3, -0.25) is 0 Å². The van der Waals surface area contributed by atoms with Crippen molar-refractivity contribution >= 4 is 5.82 Å². The van der Waals surface area contributed by atoms with Crippen molar-refractivity contribution in [2.45, 2.75) is 13.5 Å². The van der Waals surface area contributed by atoms with Crippen LogP contribution in [0.25, 0.3) is 0 Å². The van der Waals surface area contributed by atoms with Gasteiger partial charge in [0.2, 0.25) is 0 Å². The number of nitrogens with zero attached hydrogens (tertiary/aromatic N) is 1. The van der Waals surface area contributed by atoms with Gasteiger partial charge < -0.3 is 10.5 Å². The summed E-state index contributed by atoms with van der Waals surface area (Å²) in [6.45, 7) is 5.94. The molecule has 64 valence electrons. The van der Waals surface area contributed by atoms with Crippen molar-refractivity contribution in [3.05, 3.63) is 36.2 Å². The maximum atomic E-state index is 5.48. The molecule has 1 aromatic rings. The molecule has 1 rings (SSSR count). The fourth-order valence-electron chi connectivity index (χ4n) is 0.791. The topological polar surface area (TPSA) is 48.1 Å². The van der Waals surface area contributed by atoms with Gasteiger partial charge in [-0.2, -0.15) is 0 Å². The first-order valence-electron chi connectivity index (χ1n) is 3.67. The van der Waals surface area contributed by atoms with Crippen LogP contribution in [0.2, 0.25) is 0 Å². The van der Waals surface area contributed by atoms with Gasteiger partial charge in [0.25, 0.3) is 0 Å². The molecular formula is C9H12N2O. The summed E-state index contributed by atoms with van der Waals surface area (Å²) in [5, 5.41) is 0. The van der Waals surface area contributed by atoms with Gasteiger partial charge in [-0.25, -0.2) is 4.98 Å². The van der Waals surface area contributed by atoms with Crippen LogP contribution in [0.5, 0.6) is 0 Å². The highest BCUT2D eigenvalue weighted by Crippen LogP contribution is 2.06. The molecule has 3 nitrogen and oxygen atoms in total. The van der Waals surface area contributed by atoms with Crippen LogP contribution in [0.1, 0.15) is 12.5 Å². The molecule has 1 aromatic heterocycles. The molecule has 0 aliphatic carbocycles. The maximum Gasteiger partial charge on any atom is 0.123 e. The Morgan fingerprint density at radius 1 is 1.75 bits per heavy atom. The molecule has 0 bridgehead atoms. The fraction of sp³-hybridized carbons (Fsp3) is 0.222. The lowest BCUT2D eigenvalue weighted by atomic mass is 10.3. The molecule has 2 N–H and O–H groups in total. The number of anilines is 1. The largest absolute Gasteiger partial charge is 0.494 e. The van der Waals surface area contributed by atoms with Crippen LogP contribution in [0.4, 0.5) is 5.82 Å². The fourth-order valence-corrected chi connectivity index (χ4v) is 0.791. The molecule has 0 spiro atoms. The summed E-state index contributed by atoms with van der Waals surface area (Å²) in [4.78, 5) is 3.87. The molecule has 0 saturated carbocycles. The van der Waals surface area contributed by atoms with Gasteiger partial charge in [-0.1, -0.05) is 6.58 Å². The van der Waals surface area contributed by atoms with Crippen molar-refractivity contribution in [3.63, 3.8) is 0 Å². The molecule has 1 heterocycles. The second kappa shape index (κ2) is 3.76. The molecule has 0 aromatic carbocycles. The highest BCUT2D eigenvalue weighted by Gasteiger charge is 1.93. The SMILES string of the molecule is C=C(C)OCc1ccnc(N)c1. The molecule has 3 heteroatoms. The highest BCUT2D eigenvalue weighted by atomic mass is 16.5. The second-order valence-corrected chi connectivity index (χ2v) is 2.58. The molecule has 0 aliphatic heterocycles. The molecular weight excluding hydrogens is 152 g/mol. The van der Waals surface area contributed by atoms with E-state index in [2.05, 4.69) is 11.6 Å². The Balaban J connectivity index is 2.57. The van der Waals surface area contributed by atoms with E-state index in [4.69, 9.17) is 10.5 Å². The summed E-state index contributed by atoms with van der Waals surface area (Å²) in [6, 6.07) is 3.64. The summed E-state index contributed by atoms with van der Waals surface area (Å²) >= 11 is 0. The van der Waals surface area contributed by atoms with Crippen LogP contribution in [-0.2, 0) is 11.3 Å². The summed E-state index contributed by atoms with van der Waals surface area (Å²) < 4.78 is 5.21. The van der Waals surface area contributed by atoms with Crippen LogP contribution in [0.15, 0.2) is 30.7 Å². The molecule has 0 unspecified atom stereocenters. The molecule has 0 radical (unpaired) electrons. The minimum absolute atomic E-state index is 0.502. The van der Waals surface area contributed by atoms with E-state index in [-0.39, 0.29) is 0 Å². The predicted octanol–water partition coefficient (Wildman–Crippen LogP) is 1.71. The van der Waals surface area contributed by atoms with E-state index < -0.39 is 0 Å². The second-order valence-electron chi connectivity index (χ2n) is 2.58. The maximum absolute atomic E-state index is 5.48. The zero-order valence-electron chi connectivity index (χ0n) is 7.08. The number of nitrogens with two attached hydrogens (primary N) is 1. The monoisotopic (exact) mass is 164 g/mol. The third kappa shape index (κ3) is 2.62. The first-order chi connectivity index (χ1) is 5.68. The number of ether oxygens (including phenoxy) is 1. The third-order valence-electron chi connectivity index (χ3n) is 1.33. The van der Waals surface area contributed by atoms with E-state index in [9.17, 15) is 0 Å². The van der Waals surface area contributed by atoms with Crippen molar-refractivity contribution < 1.29 is 4.74 Å². The van der Waals surface area contributed by atoms with Crippen molar-refractivity contribution in [2.75, 3.05) is 5.73 Å². The first-order valence-corrected chi connectivity index (χ1v) is 3.67. The quantitative estimate of drug-likeness (QED) is 0.692. The smallest absolute Gasteiger partial charge is 0.123 e. The van der Waals surface area contributed by atoms with Crippen molar-refractivity contribution in [2.24, 2.45) is 0 Å². The van der Waals surface area contributed by atoms with Gasteiger partial charge in [0.1, 0.15) is 12.4 Å². The number of aromatic nitrogens is 1. The van der Waals surface area contributed by atoms with Crippen molar-refractivity contribution in [1.82, 2.24) is 4.98 Å². The van der Waals surface area contributed by atoms with Crippen LogP contribution in [0.3, 0.4) is 0 Å². The number of nitrogen functional groups attached to an aromatic ring is 1. The van der Waals surface area contributed by atoms with Crippen molar-refractivity contribution in [1.29, 1.82) is 0 Å². The Labute approximate surface area is 71.9 Å². The predicted molar refractivity (Wildman–Crippen MR) is 48.3 cm³/mol. The van der Waals surface area contributed by atoms with Gasteiger partial charge in [0.15, 0.2) is 0 Å². The lowest BCUT2D eigenvalue weighted by Gasteiger charge is -2.04. The van der Waals surface area contributed by atoms with E-state index >= 15 is 0 Å². The summed E-state index contributed by atoms with van der Waals surface area (Å²) in [6.07, 6.45) is 1.66. The lowest BCUT2D eigenvalue weighted by Crippen LogP contribution is -1.94.